The van der Waals surface area contributed by atoms with E-state index in [1.807, 2.05) is 24.3 Å². The molecule has 24 heavy (non-hydrogen) atoms. The van der Waals surface area contributed by atoms with Crippen molar-refractivity contribution in [3.63, 3.8) is 0 Å². The molecular weight excluding hydrogens is 302 g/mol. The van der Waals surface area contributed by atoms with Crippen LogP contribution >= 0.6 is 0 Å². The topological polar surface area (TPSA) is 57.6 Å². The lowest BCUT2D eigenvalue weighted by Gasteiger charge is -2.19. The first kappa shape index (κ1) is 16.4. The fraction of sp³-hybridized carbons (Fsp3) is 0.300. The summed E-state index contributed by atoms with van der Waals surface area (Å²) < 4.78 is 0. The Bertz CT molecular complexity index is 765. The molecule has 1 aliphatic heterocycles. The molecule has 0 aliphatic carbocycles. The Morgan fingerprint density at radius 2 is 1.58 bits per heavy atom. The number of hydrogen-bond donors (Lipinski definition) is 1. The Morgan fingerprint density at radius 1 is 0.958 bits per heavy atom. The maximum atomic E-state index is 11.5. The van der Waals surface area contributed by atoms with Crippen molar-refractivity contribution in [2.45, 2.75) is 26.3 Å². The van der Waals surface area contributed by atoms with Gasteiger partial charge in [0.25, 0.3) is 0 Å². The van der Waals surface area contributed by atoms with E-state index >= 15 is 0 Å². The number of carbonyl (C=O) groups excluding carboxylic acids is 1. The van der Waals surface area contributed by atoms with E-state index in [1.165, 1.54) is 11.1 Å². The Labute approximate surface area is 141 Å². The molecule has 0 unspecified atom stereocenters. The number of fused-ring (bicyclic) bond motifs is 1. The molecule has 1 aliphatic rings. The average molecular weight is 323 g/mol. The second kappa shape index (κ2) is 6.97. The molecule has 1 N–H and O–H groups in total. The predicted molar refractivity (Wildman–Crippen MR) is 92.5 cm³/mol. The SMILES string of the molecule is CC(=O)c1ccc2c(c1)CCN(Cc1ccc(C(=O)O)cc1)CC2. The molecule has 0 bridgehead atoms. The lowest BCUT2D eigenvalue weighted by atomic mass is 9.99. The largest absolute Gasteiger partial charge is 0.478 e. The molecule has 0 amide bonds. The van der Waals surface area contributed by atoms with Crippen LogP contribution in [-0.4, -0.2) is 34.8 Å². The predicted octanol–water partition coefficient (Wildman–Crippen LogP) is 3.19. The minimum atomic E-state index is -0.895. The van der Waals surface area contributed by atoms with Crippen LogP contribution in [0.15, 0.2) is 42.5 Å². The molecule has 0 atom stereocenters. The number of benzene rings is 2. The van der Waals surface area contributed by atoms with Gasteiger partial charge in [-0.05, 0) is 54.7 Å². The van der Waals surface area contributed by atoms with Gasteiger partial charge in [0.05, 0.1) is 5.56 Å². The number of nitrogens with zero attached hydrogens (tertiary/aromatic N) is 1. The van der Waals surface area contributed by atoms with Crippen molar-refractivity contribution in [1.29, 1.82) is 0 Å². The number of carbonyl (C=O) groups is 2. The summed E-state index contributed by atoms with van der Waals surface area (Å²) in [6, 6.07) is 13.1. The fourth-order valence-electron chi connectivity index (χ4n) is 3.16. The Kier molecular flexibility index (Phi) is 4.76. The van der Waals surface area contributed by atoms with Gasteiger partial charge in [-0.2, -0.15) is 0 Å². The van der Waals surface area contributed by atoms with E-state index in [0.717, 1.165) is 43.6 Å². The molecule has 0 spiro atoms. The van der Waals surface area contributed by atoms with Crippen molar-refractivity contribution in [3.05, 3.63) is 70.3 Å². The molecule has 2 aromatic rings. The second-order valence-electron chi connectivity index (χ2n) is 6.32. The van der Waals surface area contributed by atoms with Crippen LogP contribution in [0, 0.1) is 0 Å². The first-order chi connectivity index (χ1) is 11.5. The lowest BCUT2D eigenvalue weighted by molar-refractivity contribution is 0.0696. The first-order valence-electron chi connectivity index (χ1n) is 8.20. The highest BCUT2D eigenvalue weighted by atomic mass is 16.4. The molecule has 3 rings (SSSR count). The molecule has 0 saturated carbocycles. The average Bonchev–Trinajstić information content (AvgIpc) is 2.77. The van der Waals surface area contributed by atoms with Gasteiger partial charge in [-0.3, -0.25) is 9.69 Å². The van der Waals surface area contributed by atoms with E-state index in [9.17, 15) is 9.59 Å². The van der Waals surface area contributed by atoms with Gasteiger partial charge < -0.3 is 5.11 Å². The highest BCUT2D eigenvalue weighted by Crippen LogP contribution is 2.19. The van der Waals surface area contributed by atoms with Gasteiger partial charge in [0.1, 0.15) is 0 Å². The number of rotatable bonds is 4. The van der Waals surface area contributed by atoms with Crippen LogP contribution in [0.1, 0.15) is 44.3 Å². The van der Waals surface area contributed by atoms with Crippen molar-refractivity contribution >= 4 is 11.8 Å². The molecule has 0 saturated heterocycles. The van der Waals surface area contributed by atoms with Crippen LogP contribution in [0.5, 0.6) is 0 Å². The Balaban J connectivity index is 1.68. The first-order valence-corrected chi connectivity index (χ1v) is 8.20. The minimum Gasteiger partial charge on any atom is -0.478 e. The zero-order valence-corrected chi connectivity index (χ0v) is 13.8. The van der Waals surface area contributed by atoms with E-state index in [2.05, 4.69) is 11.0 Å². The summed E-state index contributed by atoms with van der Waals surface area (Å²) >= 11 is 0. The number of carboxylic acids is 1. The van der Waals surface area contributed by atoms with Gasteiger partial charge in [0.2, 0.25) is 0 Å². The van der Waals surface area contributed by atoms with Crippen LogP contribution in [0.4, 0.5) is 0 Å². The maximum absolute atomic E-state index is 11.5. The fourth-order valence-corrected chi connectivity index (χ4v) is 3.16. The maximum Gasteiger partial charge on any atom is 0.335 e. The Morgan fingerprint density at radius 3 is 2.21 bits per heavy atom. The van der Waals surface area contributed by atoms with E-state index < -0.39 is 5.97 Å². The summed E-state index contributed by atoms with van der Waals surface area (Å²) in [5, 5.41) is 8.96. The number of aromatic carboxylic acids is 1. The summed E-state index contributed by atoms with van der Waals surface area (Å²) in [4.78, 5) is 24.8. The highest BCUT2D eigenvalue weighted by molar-refractivity contribution is 5.94. The normalized spacial score (nSPS) is 14.7. The molecule has 4 heteroatoms. The molecule has 124 valence electrons. The molecule has 1 heterocycles. The van der Waals surface area contributed by atoms with Crippen LogP contribution < -0.4 is 0 Å². The van der Waals surface area contributed by atoms with Crippen LogP contribution in [0.25, 0.3) is 0 Å². The summed E-state index contributed by atoms with van der Waals surface area (Å²) in [6.07, 6.45) is 1.91. The summed E-state index contributed by atoms with van der Waals surface area (Å²) in [5.41, 5.74) is 4.82. The second-order valence-corrected chi connectivity index (χ2v) is 6.32. The van der Waals surface area contributed by atoms with Gasteiger partial charge in [-0.1, -0.05) is 24.3 Å². The third-order valence-corrected chi connectivity index (χ3v) is 4.61. The van der Waals surface area contributed by atoms with Gasteiger partial charge in [0.15, 0.2) is 5.78 Å². The smallest absolute Gasteiger partial charge is 0.335 e. The van der Waals surface area contributed by atoms with Crippen molar-refractivity contribution in [2.75, 3.05) is 13.1 Å². The molecule has 4 nitrogen and oxygen atoms in total. The van der Waals surface area contributed by atoms with Crippen molar-refractivity contribution in [1.82, 2.24) is 4.90 Å². The number of Topliss-reactive ketones (excluding diaryl/α,β-unsaturated/α-hetero) is 1. The summed E-state index contributed by atoms with van der Waals surface area (Å²) in [5.74, 6) is -0.787. The molecule has 0 aromatic heterocycles. The van der Waals surface area contributed by atoms with E-state index in [-0.39, 0.29) is 5.78 Å². The summed E-state index contributed by atoms with van der Waals surface area (Å²) in [7, 11) is 0. The monoisotopic (exact) mass is 323 g/mol. The third-order valence-electron chi connectivity index (χ3n) is 4.61. The zero-order chi connectivity index (χ0) is 17.1. The minimum absolute atomic E-state index is 0.109. The lowest BCUT2D eigenvalue weighted by Crippen LogP contribution is -2.25. The third kappa shape index (κ3) is 3.71. The quantitative estimate of drug-likeness (QED) is 0.878. The Hall–Kier alpha value is -2.46. The van der Waals surface area contributed by atoms with Crippen LogP contribution in [0.2, 0.25) is 0 Å². The van der Waals surface area contributed by atoms with Gasteiger partial charge in [0, 0.05) is 25.2 Å². The number of ketones is 1. The van der Waals surface area contributed by atoms with Crippen LogP contribution in [0.3, 0.4) is 0 Å². The number of hydrogen-bond acceptors (Lipinski definition) is 3. The molecule has 0 fully saturated rings. The van der Waals surface area contributed by atoms with E-state index in [0.29, 0.717) is 5.56 Å². The molecule has 0 radical (unpaired) electrons. The molecular formula is C20H21NO3. The summed E-state index contributed by atoms with van der Waals surface area (Å²) in [6.45, 7) is 4.32. The molecule has 2 aromatic carbocycles. The van der Waals surface area contributed by atoms with E-state index in [4.69, 9.17) is 5.11 Å². The highest BCUT2D eigenvalue weighted by Gasteiger charge is 2.15. The van der Waals surface area contributed by atoms with Gasteiger partial charge in [-0.25, -0.2) is 4.79 Å². The number of carboxylic acid groups (broad SMARTS) is 1. The van der Waals surface area contributed by atoms with Crippen molar-refractivity contribution in [2.24, 2.45) is 0 Å². The zero-order valence-electron chi connectivity index (χ0n) is 13.8. The standard InChI is InChI=1S/C20H21NO3/c1-14(22)18-7-6-16-8-10-21(11-9-19(16)12-18)13-15-2-4-17(5-3-15)20(23)24/h2-7,12H,8-11,13H2,1H3,(H,23,24). The van der Waals surface area contributed by atoms with Gasteiger partial charge in [-0.15, -0.1) is 0 Å². The van der Waals surface area contributed by atoms with E-state index in [1.54, 1.807) is 19.1 Å². The van der Waals surface area contributed by atoms with Crippen molar-refractivity contribution in [3.8, 4) is 0 Å². The van der Waals surface area contributed by atoms with Crippen molar-refractivity contribution < 1.29 is 14.7 Å². The van der Waals surface area contributed by atoms with Crippen LogP contribution in [-0.2, 0) is 19.4 Å². The van der Waals surface area contributed by atoms with Gasteiger partial charge >= 0.3 is 5.97 Å².